The second-order valence-electron chi connectivity index (χ2n) is 8.27. The Hall–Kier alpha value is -2.09. The molecule has 8 heteroatoms. The van der Waals surface area contributed by atoms with E-state index in [1.54, 1.807) is 46.8 Å². The Labute approximate surface area is 161 Å². The number of carbonyl (C=O) groups is 1. The van der Waals surface area contributed by atoms with Crippen LogP contribution in [0.4, 0.5) is 4.79 Å². The van der Waals surface area contributed by atoms with Crippen molar-refractivity contribution in [2.75, 3.05) is 5.75 Å². The van der Waals surface area contributed by atoms with E-state index in [0.717, 1.165) is 0 Å². The second kappa shape index (κ2) is 7.88. The van der Waals surface area contributed by atoms with E-state index in [1.807, 2.05) is 20.8 Å². The molecule has 2 aromatic rings. The van der Waals surface area contributed by atoms with Gasteiger partial charge in [0.2, 0.25) is 5.89 Å². The molecule has 7 nitrogen and oxygen atoms in total. The van der Waals surface area contributed by atoms with Crippen LogP contribution >= 0.6 is 0 Å². The van der Waals surface area contributed by atoms with Crippen LogP contribution in [0.1, 0.15) is 59.9 Å². The number of aryl methyl sites for hydroxylation is 1. The number of benzene rings is 1. The summed E-state index contributed by atoms with van der Waals surface area (Å²) in [6.07, 6.45) is -0.725. The standard InChI is InChI=1S/C14H19NO3S.C5H11NO2/c1-6-19(16,17)12-9(2)7-8-10-11(12)18-13(15-10)14(3,4)5;1-5(2,3)8-4(6)7/h7-8H,6H2,1-5H3;1-3H3,(H2,6,7). The summed E-state index contributed by atoms with van der Waals surface area (Å²) in [6, 6.07) is 3.58. The molecule has 0 saturated heterocycles. The van der Waals surface area contributed by atoms with Crippen molar-refractivity contribution >= 4 is 27.0 Å². The highest BCUT2D eigenvalue weighted by atomic mass is 32.2. The number of oxazole rings is 1. The molecule has 0 fully saturated rings. The number of nitrogens with zero attached hydrogens (tertiary/aromatic N) is 1. The van der Waals surface area contributed by atoms with Crippen LogP contribution in [-0.4, -0.2) is 30.8 Å². The Morgan fingerprint density at radius 2 is 1.74 bits per heavy atom. The third-order valence-electron chi connectivity index (χ3n) is 3.45. The Bertz CT molecular complexity index is 916. The highest BCUT2D eigenvalue weighted by molar-refractivity contribution is 7.91. The SMILES string of the molecule is CC(C)(C)OC(N)=O.CCS(=O)(=O)c1c(C)ccc2nc(C(C)(C)C)oc12. The van der Waals surface area contributed by atoms with Gasteiger partial charge in [-0.15, -0.1) is 0 Å². The van der Waals surface area contributed by atoms with Crippen LogP contribution in [0.2, 0.25) is 0 Å². The molecule has 27 heavy (non-hydrogen) atoms. The summed E-state index contributed by atoms with van der Waals surface area (Å²) in [5, 5.41) is 0. The molecule has 1 amide bonds. The monoisotopic (exact) mass is 398 g/mol. The topological polar surface area (TPSA) is 112 Å². The van der Waals surface area contributed by atoms with Gasteiger partial charge in [0.25, 0.3) is 0 Å². The minimum atomic E-state index is -3.32. The summed E-state index contributed by atoms with van der Waals surface area (Å²) < 4.78 is 34.7. The van der Waals surface area contributed by atoms with Gasteiger partial charge in [-0.05, 0) is 39.3 Å². The van der Waals surface area contributed by atoms with E-state index >= 15 is 0 Å². The number of aromatic nitrogens is 1. The zero-order chi connectivity index (χ0) is 21.2. The number of nitrogens with two attached hydrogens (primary N) is 1. The van der Waals surface area contributed by atoms with Crippen molar-refractivity contribution in [2.24, 2.45) is 5.73 Å². The predicted octanol–water partition coefficient (Wildman–Crippen LogP) is 4.11. The third kappa shape index (κ3) is 6.23. The Morgan fingerprint density at radius 1 is 1.19 bits per heavy atom. The molecule has 0 spiro atoms. The van der Waals surface area contributed by atoms with Crippen LogP contribution in [-0.2, 0) is 20.0 Å². The van der Waals surface area contributed by atoms with Gasteiger partial charge in [0.05, 0.1) is 5.75 Å². The molecule has 0 aliphatic heterocycles. The third-order valence-corrected chi connectivity index (χ3v) is 5.34. The molecule has 0 aliphatic carbocycles. The number of fused-ring (bicyclic) bond motifs is 1. The molecule has 152 valence electrons. The molecule has 2 rings (SSSR count). The van der Waals surface area contributed by atoms with Crippen LogP contribution in [0.5, 0.6) is 0 Å². The lowest BCUT2D eigenvalue weighted by atomic mass is 9.97. The normalized spacial score (nSPS) is 12.4. The maximum absolute atomic E-state index is 12.2. The summed E-state index contributed by atoms with van der Waals surface area (Å²) in [6.45, 7) is 14.7. The summed E-state index contributed by atoms with van der Waals surface area (Å²) in [7, 11) is -3.32. The molecule has 2 N–H and O–H groups in total. The molecule has 1 aromatic heterocycles. The van der Waals surface area contributed by atoms with Crippen molar-refractivity contribution in [3.05, 3.63) is 23.6 Å². The molecule has 1 heterocycles. The van der Waals surface area contributed by atoms with E-state index in [4.69, 9.17) is 10.2 Å². The van der Waals surface area contributed by atoms with Crippen molar-refractivity contribution in [1.29, 1.82) is 0 Å². The van der Waals surface area contributed by atoms with Gasteiger partial charge in [0.1, 0.15) is 16.0 Å². The first-order chi connectivity index (χ1) is 12.1. The lowest BCUT2D eigenvalue weighted by Crippen LogP contribution is -2.27. The van der Waals surface area contributed by atoms with Crippen LogP contribution in [0, 0.1) is 6.92 Å². The van der Waals surface area contributed by atoms with Crippen LogP contribution in [0.25, 0.3) is 11.1 Å². The molecule has 0 atom stereocenters. The zero-order valence-corrected chi connectivity index (χ0v) is 18.2. The average Bonchev–Trinajstić information content (AvgIpc) is 2.88. The minimum Gasteiger partial charge on any atom is -0.444 e. The van der Waals surface area contributed by atoms with Crippen molar-refractivity contribution < 1.29 is 22.4 Å². The van der Waals surface area contributed by atoms with Gasteiger partial charge in [-0.25, -0.2) is 18.2 Å². The molecular weight excluding hydrogens is 368 g/mol. The number of ether oxygens (including phenoxy) is 1. The molecular formula is C19H30N2O5S. The smallest absolute Gasteiger partial charge is 0.405 e. The zero-order valence-electron chi connectivity index (χ0n) is 17.3. The van der Waals surface area contributed by atoms with Gasteiger partial charge in [0, 0.05) is 5.41 Å². The lowest BCUT2D eigenvalue weighted by molar-refractivity contribution is 0.0600. The molecule has 0 aliphatic rings. The highest BCUT2D eigenvalue weighted by Crippen LogP contribution is 2.32. The Morgan fingerprint density at radius 3 is 2.11 bits per heavy atom. The summed E-state index contributed by atoms with van der Waals surface area (Å²) in [4.78, 5) is 14.7. The van der Waals surface area contributed by atoms with E-state index in [2.05, 4.69) is 9.72 Å². The van der Waals surface area contributed by atoms with Gasteiger partial charge >= 0.3 is 6.09 Å². The molecule has 0 radical (unpaired) electrons. The molecule has 0 bridgehead atoms. The summed E-state index contributed by atoms with van der Waals surface area (Å²) in [5.74, 6) is 0.610. The fraction of sp³-hybridized carbons (Fsp3) is 0.579. The first kappa shape index (κ1) is 23.0. The van der Waals surface area contributed by atoms with Gasteiger partial charge in [-0.2, -0.15) is 0 Å². The number of hydrogen-bond donors (Lipinski definition) is 1. The lowest BCUT2D eigenvalue weighted by Gasteiger charge is -2.16. The van der Waals surface area contributed by atoms with E-state index in [-0.39, 0.29) is 16.1 Å². The van der Waals surface area contributed by atoms with Gasteiger partial charge in [-0.1, -0.05) is 33.8 Å². The second-order valence-corrected chi connectivity index (χ2v) is 10.5. The van der Waals surface area contributed by atoms with Crippen LogP contribution in [0.15, 0.2) is 21.4 Å². The van der Waals surface area contributed by atoms with Gasteiger partial charge in [0.15, 0.2) is 15.4 Å². The number of sulfone groups is 1. The Kier molecular flexibility index (Phi) is 6.70. The van der Waals surface area contributed by atoms with Crippen molar-refractivity contribution in [3.8, 4) is 0 Å². The van der Waals surface area contributed by atoms with Gasteiger partial charge in [-0.3, -0.25) is 0 Å². The number of carbonyl (C=O) groups excluding carboxylic acids is 1. The van der Waals surface area contributed by atoms with E-state index in [9.17, 15) is 13.2 Å². The molecule has 1 aromatic carbocycles. The van der Waals surface area contributed by atoms with E-state index < -0.39 is 21.5 Å². The number of amides is 1. The minimum absolute atomic E-state index is 0.0541. The summed E-state index contributed by atoms with van der Waals surface area (Å²) in [5.41, 5.74) is 5.70. The fourth-order valence-corrected chi connectivity index (χ4v) is 3.50. The molecule has 0 saturated carbocycles. The maximum Gasteiger partial charge on any atom is 0.405 e. The number of rotatable bonds is 2. The van der Waals surface area contributed by atoms with Crippen molar-refractivity contribution in [1.82, 2.24) is 4.98 Å². The van der Waals surface area contributed by atoms with Crippen LogP contribution in [0.3, 0.4) is 0 Å². The number of primary amides is 1. The number of hydrogen-bond acceptors (Lipinski definition) is 6. The van der Waals surface area contributed by atoms with Gasteiger partial charge < -0.3 is 14.9 Å². The largest absolute Gasteiger partial charge is 0.444 e. The Balaban J connectivity index is 0.000000387. The van der Waals surface area contributed by atoms with Crippen molar-refractivity contribution in [3.63, 3.8) is 0 Å². The first-order valence-electron chi connectivity index (χ1n) is 8.70. The highest BCUT2D eigenvalue weighted by Gasteiger charge is 2.26. The van der Waals surface area contributed by atoms with Crippen LogP contribution < -0.4 is 5.73 Å². The van der Waals surface area contributed by atoms with Crippen molar-refractivity contribution in [2.45, 2.75) is 71.3 Å². The first-order valence-corrected chi connectivity index (χ1v) is 10.4. The summed E-state index contributed by atoms with van der Waals surface area (Å²) >= 11 is 0. The van der Waals surface area contributed by atoms with E-state index in [1.165, 1.54) is 0 Å². The fourth-order valence-electron chi connectivity index (χ4n) is 2.22. The molecule has 0 unspecified atom stereocenters. The maximum atomic E-state index is 12.2. The van der Waals surface area contributed by atoms with E-state index in [0.29, 0.717) is 22.6 Å². The predicted molar refractivity (Wildman–Crippen MR) is 106 cm³/mol. The quantitative estimate of drug-likeness (QED) is 0.814. The average molecular weight is 399 g/mol.